The summed E-state index contributed by atoms with van der Waals surface area (Å²) in [5, 5.41) is 11.5. The van der Waals surface area contributed by atoms with Crippen LogP contribution in [0.1, 0.15) is 49.1 Å². The van der Waals surface area contributed by atoms with Gasteiger partial charge in [-0.2, -0.15) is 9.97 Å². The number of aromatic hydroxyl groups is 1. The number of ether oxygens (including phenoxy) is 2. The van der Waals surface area contributed by atoms with Gasteiger partial charge in [-0.25, -0.2) is 17.6 Å². The fourth-order valence-electron chi connectivity index (χ4n) is 9.44. The summed E-state index contributed by atoms with van der Waals surface area (Å²) in [5.74, 6) is -0.831. The summed E-state index contributed by atoms with van der Waals surface area (Å²) in [4.78, 5) is 37.4. The highest BCUT2D eigenvalue weighted by Crippen LogP contribution is 2.43. The Labute approximate surface area is 331 Å². The standard InChI is InChI=1S/C43H39F4N7O4/c1-3-31-34(45)11-8-24-14-30(55)16-32(36(24)31)38-37(47)39-33(18-48-38)40(51-42(50-39)58-23-43-12-5-13-53(43)19-25(44)17-43)52-20-28-9-10-29(21-52)54(28)41(56)35(46)15-26-6-4-7-27(49-26)22-57-2/h1,4,6-8,11,14-16,18,25,28-29,55H,5,9-10,12-13,17,19-23H2,2H3/b35-15-/t25-,28-,29+,43+/m1/s1. The number of methoxy groups -OCH3 is 1. The summed E-state index contributed by atoms with van der Waals surface area (Å²) >= 11 is 0. The molecular weight excluding hydrogens is 755 g/mol. The van der Waals surface area contributed by atoms with E-state index in [1.807, 2.05) is 4.90 Å². The number of benzene rings is 2. The van der Waals surface area contributed by atoms with E-state index in [2.05, 4.69) is 25.8 Å². The van der Waals surface area contributed by atoms with Gasteiger partial charge in [-0.1, -0.05) is 18.1 Å². The second-order valence-electron chi connectivity index (χ2n) is 15.5. The van der Waals surface area contributed by atoms with Crippen LogP contribution in [0.15, 0.2) is 54.5 Å². The lowest BCUT2D eigenvalue weighted by Crippen LogP contribution is -2.56. The number of rotatable bonds is 9. The van der Waals surface area contributed by atoms with Crippen molar-refractivity contribution >= 4 is 39.5 Å². The number of anilines is 1. The largest absolute Gasteiger partial charge is 0.508 e. The Morgan fingerprint density at radius 1 is 1.10 bits per heavy atom. The molecule has 4 fully saturated rings. The molecule has 4 atom stereocenters. The van der Waals surface area contributed by atoms with Crippen LogP contribution in [0.3, 0.4) is 0 Å². The second kappa shape index (κ2) is 14.8. The van der Waals surface area contributed by atoms with Gasteiger partial charge in [0.1, 0.15) is 41.4 Å². The summed E-state index contributed by atoms with van der Waals surface area (Å²) < 4.78 is 73.8. The van der Waals surface area contributed by atoms with E-state index < -0.39 is 47.2 Å². The predicted molar refractivity (Wildman–Crippen MR) is 208 cm³/mol. The Balaban J connectivity index is 1.09. The van der Waals surface area contributed by atoms with Crippen LogP contribution < -0.4 is 9.64 Å². The van der Waals surface area contributed by atoms with Crippen molar-refractivity contribution < 1.29 is 36.9 Å². The fourth-order valence-corrected chi connectivity index (χ4v) is 9.44. The number of hydrogen-bond donors (Lipinski definition) is 1. The van der Waals surface area contributed by atoms with Gasteiger partial charge in [0.25, 0.3) is 5.91 Å². The number of phenolic OH excluding ortho intramolecular Hbond substituents is 1. The van der Waals surface area contributed by atoms with Gasteiger partial charge in [-0.15, -0.1) is 6.42 Å². The van der Waals surface area contributed by atoms with Gasteiger partial charge < -0.3 is 24.4 Å². The van der Waals surface area contributed by atoms with E-state index in [0.29, 0.717) is 48.4 Å². The van der Waals surface area contributed by atoms with Crippen LogP contribution in [0.4, 0.5) is 23.4 Å². The SMILES string of the molecule is C#Cc1c(F)ccc2cc(O)cc(-c3ncc4c(N5C[C@H]6CC[C@@H](C5)N6C(=O)/C(F)=C/c5cccc(COC)n5)nc(OC[C@@]56CCCN5C[C@H](F)C6)nc4c3F)c12. The number of carbonyl (C=O) groups is 1. The number of fused-ring (bicyclic) bond motifs is 5. The van der Waals surface area contributed by atoms with Crippen molar-refractivity contribution in [3.8, 4) is 35.4 Å². The fraction of sp³-hybridized carbons (Fsp3) is 0.372. The third-order valence-corrected chi connectivity index (χ3v) is 11.9. The van der Waals surface area contributed by atoms with Crippen molar-refractivity contribution in [1.82, 2.24) is 29.7 Å². The summed E-state index contributed by atoms with van der Waals surface area (Å²) in [6, 6.07) is 9.43. The van der Waals surface area contributed by atoms with Gasteiger partial charge in [0.2, 0.25) is 0 Å². The minimum absolute atomic E-state index is 0.0609. The van der Waals surface area contributed by atoms with E-state index in [4.69, 9.17) is 20.9 Å². The maximum Gasteiger partial charge on any atom is 0.319 e. The number of amides is 1. The predicted octanol–water partition coefficient (Wildman–Crippen LogP) is 6.50. The first-order chi connectivity index (χ1) is 28.1. The monoisotopic (exact) mass is 793 g/mol. The molecule has 1 amide bonds. The van der Waals surface area contributed by atoms with Crippen molar-refractivity contribution in [2.45, 2.75) is 62.5 Å². The molecular formula is C43H39F4N7O4. The van der Waals surface area contributed by atoms with Crippen LogP contribution in [-0.2, 0) is 16.1 Å². The van der Waals surface area contributed by atoms with E-state index >= 15 is 8.78 Å². The van der Waals surface area contributed by atoms with Gasteiger partial charge >= 0.3 is 6.01 Å². The van der Waals surface area contributed by atoms with E-state index in [9.17, 15) is 18.7 Å². The highest BCUT2D eigenvalue weighted by Gasteiger charge is 2.50. The van der Waals surface area contributed by atoms with Crippen molar-refractivity contribution in [3.05, 3.63) is 83.1 Å². The number of carbonyl (C=O) groups excluding carboxylic acids is 1. The van der Waals surface area contributed by atoms with Crippen LogP contribution in [0.2, 0.25) is 0 Å². The molecule has 2 bridgehead atoms. The molecule has 11 nitrogen and oxygen atoms in total. The lowest BCUT2D eigenvalue weighted by atomic mass is 9.95. The van der Waals surface area contributed by atoms with Gasteiger partial charge in [-0.3, -0.25) is 19.7 Å². The molecule has 3 aromatic heterocycles. The average Bonchev–Trinajstić information content (AvgIpc) is 3.83. The molecule has 4 aliphatic rings. The molecule has 58 heavy (non-hydrogen) atoms. The van der Waals surface area contributed by atoms with Crippen LogP contribution >= 0.6 is 0 Å². The lowest BCUT2D eigenvalue weighted by molar-refractivity contribution is -0.131. The lowest BCUT2D eigenvalue weighted by Gasteiger charge is -2.41. The molecule has 0 unspecified atom stereocenters. The van der Waals surface area contributed by atoms with Crippen molar-refractivity contribution in [3.63, 3.8) is 0 Å². The molecule has 4 saturated heterocycles. The first-order valence-electron chi connectivity index (χ1n) is 19.3. The maximum absolute atomic E-state index is 17.1. The first kappa shape index (κ1) is 37.7. The molecule has 7 heterocycles. The second-order valence-corrected chi connectivity index (χ2v) is 15.5. The van der Waals surface area contributed by atoms with E-state index in [0.717, 1.165) is 25.5 Å². The Bertz CT molecular complexity index is 2540. The molecule has 0 saturated carbocycles. The average molecular weight is 794 g/mol. The quantitative estimate of drug-likeness (QED) is 0.101. The number of pyridine rings is 2. The van der Waals surface area contributed by atoms with Crippen molar-refractivity contribution in [2.75, 3.05) is 44.8 Å². The molecule has 298 valence electrons. The number of halogens is 4. The number of terminal acetylenes is 1. The molecule has 2 aromatic carbocycles. The van der Waals surface area contributed by atoms with Crippen LogP contribution in [-0.4, -0.2) is 104 Å². The topological polar surface area (TPSA) is 117 Å². The van der Waals surface area contributed by atoms with Crippen molar-refractivity contribution in [2.24, 2.45) is 0 Å². The smallest absolute Gasteiger partial charge is 0.319 e. The van der Waals surface area contributed by atoms with Crippen LogP contribution in [0.25, 0.3) is 39.0 Å². The number of phenols is 1. The summed E-state index contributed by atoms with van der Waals surface area (Å²) in [7, 11) is 1.53. The molecule has 0 aliphatic carbocycles. The summed E-state index contributed by atoms with van der Waals surface area (Å²) in [6.45, 7) is 1.87. The van der Waals surface area contributed by atoms with E-state index in [1.54, 1.807) is 23.1 Å². The molecule has 0 radical (unpaired) electrons. The number of piperazine rings is 1. The Morgan fingerprint density at radius 2 is 1.91 bits per heavy atom. The molecule has 1 N–H and O–H groups in total. The summed E-state index contributed by atoms with van der Waals surface area (Å²) in [6.07, 6.45) is 10.4. The third-order valence-electron chi connectivity index (χ3n) is 11.9. The molecule has 9 rings (SSSR count). The molecule has 0 spiro atoms. The number of alkyl halides is 1. The van der Waals surface area contributed by atoms with Crippen molar-refractivity contribution in [1.29, 1.82) is 0 Å². The van der Waals surface area contributed by atoms with Gasteiger partial charge in [-0.05, 0) is 67.9 Å². The summed E-state index contributed by atoms with van der Waals surface area (Å²) in [5.41, 5.74) is -0.0966. The Morgan fingerprint density at radius 3 is 2.69 bits per heavy atom. The van der Waals surface area contributed by atoms with Crippen LogP contribution in [0, 0.1) is 24.0 Å². The zero-order valence-corrected chi connectivity index (χ0v) is 31.6. The minimum Gasteiger partial charge on any atom is -0.508 e. The minimum atomic E-state index is -0.996. The van der Waals surface area contributed by atoms with Crippen LogP contribution in [0.5, 0.6) is 11.8 Å². The number of hydrogen-bond acceptors (Lipinski definition) is 10. The zero-order valence-electron chi connectivity index (χ0n) is 31.6. The van der Waals surface area contributed by atoms with Gasteiger partial charge in [0.05, 0.1) is 46.6 Å². The highest BCUT2D eigenvalue weighted by molar-refractivity contribution is 6.03. The maximum atomic E-state index is 17.1. The van der Waals surface area contributed by atoms with Gasteiger partial charge in [0, 0.05) is 56.4 Å². The Hall–Kier alpha value is -5.85. The normalized spacial score (nSPS) is 23.2. The van der Waals surface area contributed by atoms with E-state index in [-0.39, 0.29) is 71.2 Å². The highest BCUT2D eigenvalue weighted by atomic mass is 19.1. The molecule has 4 aliphatic heterocycles. The molecule has 15 heteroatoms. The third kappa shape index (κ3) is 6.54. The molecule has 5 aromatic rings. The Kier molecular flexibility index (Phi) is 9.64. The zero-order chi connectivity index (χ0) is 40.3. The number of nitrogens with zero attached hydrogens (tertiary/aromatic N) is 7. The van der Waals surface area contributed by atoms with Gasteiger partial charge in [0.15, 0.2) is 11.6 Å². The number of aromatic nitrogens is 4. The van der Waals surface area contributed by atoms with E-state index in [1.165, 1.54) is 37.6 Å². The first-order valence-corrected chi connectivity index (χ1v) is 19.3.